The second-order valence-electron chi connectivity index (χ2n) is 4.55. The summed E-state index contributed by atoms with van der Waals surface area (Å²) in [7, 11) is 1.74. The van der Waals surface area contributed by atoms with Gasteiger partial charge in [-0.25, -0.2) is 0 Å². The minimum absolute atomic E-state index is 0.597. The lowest BCUT2D eigenvalue weighted by atomic mass is 9.93. The molecule has 2 aliphatic rings. The molecule has 0 bridgehead atoms. The molecular formula is C13H18N2O. The first-order valence-electron chi connectivity index (χ1n) is 6.05. The number of hydrogen-bond acceptors (Lipinski definition) is 3. The van der Waals surface area contributed by atoms with Crippen LogP contribution in [-0.4, -0.2) is 31.6 Å². The molecule has 3 rings (SSSR count). The minimum atomic E-state index is 0.597. The van der Waals surface area contributed by atoms with E-state index in [4.69, 9.17) is 4.74 Å². The molecule has 1 atom stereocenters. The maximum absolute atomic E-state index is 5.41. The summed E-state index contributed by atoms with van der Waals surface area (Å²) in [6.07, 6.45) is 2.56. The number of nitrogens with zero attached hydrogens (tertiary/aromatic N) is 1. The Morgan fingerprint density at radius 2 is 2.25 bits per heavy atom. The van der Waals surface area contributed by atoms with Crippen molar-refractivity contribution < 1.29 is 4.74 Å². The Morgan fingerprint density at radius 1 is 1.38 bits per heavy atom. The highest BCUT2D eigenvalue weighted by Crippen LogP contribution is 2.40. The second-order valence-corrected chi connectivity index (χ2v) is 4.55. The Balaban J connectivity index is 1.97. The van der Waals surface area contributed by atoms with Crippen LogP contribution in [0.3, 0.4) is 0 Å². The normalized spacial score (nSPS) is 24.2. The fourth-order valence-electron chi connectivity index (χ4n) is 2.71. The molecule has 1 fully saturated rings. The van der Waals surface area contributed by atoms with Crippen LogP contribution in [0.2, 0.25) is 0 Å². The Kier molecular flexibility index (Phi) is 2.48. The van der Waals surface area contributed by atoms with Crippen molar-refractivity contribution in [3.8, 4) is 5.75 Å². The zero-order valence-corrected chi connectivity index (χ0v) is 9.70. The monoisotopic (exact) mass is 218 g/mol. The molecule has 0 spiro atoms. The summed E-state index contributed by atoms with van der Waals surface area (Å²) in [5.74, 6) is 0.975. The molecule has 0 aromatic heterocycles. The summed E-state index contributed by atoms with van der Waals surface area (Å²) in [6.45, 7) is 3.55. The quantitative estimate of drug-likeness (QED) is 0.824. The third kappa shape index (κ3) is 1.47. The summed E-state index contributed by atoms with van der Waals surface area (Å²) in [4.78, 5) is 2.57. The van der Waals surface area contributed by atoms with E-state index in [2.05, 4.69) is 22.3 Å². The van der Waals surface area contributed by atoms with Crippen molar-refractivity contribution in [3.63, 3.8) is 0 Å². The molecule has 3 heteroatoms. The van der Waals surface area contributed by atoms with Crippen molar-refractivity contribution in [2.45, 2.75) is 18.9 Å². The van der Waals surface area contributed by atoms with E-state index in [9.17, 15) is 0 Å². The topological polar surface area (TPSA) is 24.5 Å². The number of hydrogen-bond donors (Lipinski definition) is 1. The zero-order valence-electron chi connectivity index (χ0n) is 9.70. The second kappa shape index (κ2) is 3.98. The minimum Gasteiger partial charge on any atom is -0.495 e. The predicted molar refractivity (Wildman–Crippen MR) is 65.0 cm³/mol. The number of nitrogens with one attached hydrogen (secondary N) is 1. The van der Waals surface area contributed by atoms with Crippen molar-refractivity contribution in [1.82, 2.24) is 4.90 Å². The molecule has 1 N–H and O–H groups in total. The summed E-state index contributed by atoms with van der Waals surface area (Å²) in [5.41, 5.74) is 2.61. The van der Waals surface area contributed by atoms with E-state index in [0.717, 1.165) is 12.3 Å². The van der Waals surface area contributed by atoms with Crippen LogP contribution in [0.4, 0.5) is 5.69 Å². The maximum atomic E-state index is 5.41. The van der Waals surface area contributed by atoms with Gasteiger partial charge in [0.15, 0.2) is 0 Å². The van der Waals surface area contributed by atoms with E-state index in [1.54, 1.807) is 7.11 Å². The van der Waals surface area contributed by atoms with Gasteiger partial charge in [-0.2, -0.15) is 0 Å². The van der Waals surface area contributed by atoms with E-state index in [0.29, 0.717) is 6.04 Å². The highest BCUT2D eigenvalue weighted by Gasteiger charge is 2.30. The first-order valence-corrected chi connectivity index (χ1v) is 6.05. The number of benzene rings is 1. The Bertz CT molecular complexity index is 388. The van der Waals surface area contributed by atoms with Gasteiger partial charge in [-0.15, -0.1) is 0 Å². The number of fused-ring (bicyclic) bond motifs is 1. The van der Waals surface area contributed by atoms with Gasteiger partial charge >= 0.3 is 0 Å². The van der Waals surface area contributed by atoms with Crippen LogP contribution in [0, 0.1) is 0 Å². The highest BCUT2D eigenvalue weighted by atomic mass is 16.5. The number of anilines is 1. The largest absolute Gasteiger partial charge is 0.495 e. The molecule has 16 heavy (non-hydrogen) atoms. The lowest BCUT2D eigenvalue weighted by Crippen LogP contribution is -2.42. The standard InChI is InChI=1S/C13H18N2O/c1-16-12-5-2-4-10-11(15-8-3-9-15)6-7-14-13(10)12/h2,4-5,11,14H,3,6-9H2,1H3. The SMILES string of the molecule is COc1cccc2c1NCCC2N1CCC1. The molecule has 1 unspecified atom stereocenters. The van der Waals surface area contributed by atoms with Gasteiger partial charge in [0.25, 0.3) is 0 Å². The van der Waals surface area contributed by atoms with E-state index in [1.165, 1.54) is 37.2 Å². The Morgan fingerprint density at radius 3 is 2.94 bits per heavy atom. The van der Waals surface area contributed by atoms with Crippen LogP contribution >= 0.6 is 0 Å². The third-order valence-corrected chi connectivity index (χ3v) is 3.69. The van der Waals surface area contributed by atoms with Crippen LogP contribution in [0.15, 0.2) is 18.2 Å². The number of methoxy groups -OCH3 is 1. The van der Waals surface area contributed by atoms with Crippen LogP contribution in [0.1, 0.15) is 24.4 Å². The molecule has 1 aromatic carbocycles. The van der Waals surface area contributed by atoms with Gasteiger partial charge in [-0.05, 0) is 37.6 Å². The Labute approximate surface area is 96.4 Å². The molecule has 1 aromatic rings. The smallest absolute Gasteiger partial charge is 0.142 e. The summed E-state index contributed by atoms with van der Waals surface area (Å²) >= 11 is 0. The summed E-state index contributed by atoms with van der Waals surface area (Å²) in [5, 5.41) is 3.46. The molecule has 0 amide bonds. The summed E-state index contributed by atoms with van der Waals surface area (Å²) < 4.78 is 5.41. The average molecular weight is 218 g/mol. The van der Waals surface area contributed by atoms with Crippen LogP contribution in [-0.2, 0) is 0 Å². The van der Waals surface area contributed by atoms with Gasteiger partial charge in [0.2, 0.25) is 0 Å². The van der Waals surface area contributed by atoms with Gasteiger partial charge in [0.05, 0.1) is 12.8 Å². The molecule has 3 nitrogen and oxygen atoms in total. The number of rotatable bonds is 2. The number of para-hydroxylation sites is 1. The lowest BCUT2D eigenvalue weighted by molar-refractivity contribution is 0.112. The molecule has 0 aliphatic carbocycles. The van der Waals surface area contributed by atoms with Gasteiger partial charge in [0.1, 0.15) is 5.75 Å². The van der Waals surface area contributed by atoms with E-state index in [-0.39, 0.29) is 0 Å². The predicted octanol–water partition coefficient (Wildman–Crippen LogP) is 2.26. The van der Waals surface area contributed by atoms with Crippen molar-refractivity contribution >= 4 is 5.69 Å². The van der Waals surface area contributed by atoms with Crippen molar-refractivity contribution in [2.75, 3.05) is 32.1 Å². The fraction of sp³-hybridized carbons (Fsp3) is 0.538. The van der Waals surface area contributed by atoms with Crippen molar-refractivity contribution in [3.05, 3.63) is 23.8 Å². The van der Waals surface area contributed by atoms with Gasteiger partial charge in [-0.3, -0.25) is 4.90 Å². The zero-order chi connectivity index (χ0) is 11.0. The molecular weight excluding hydrogens is 200 g/mol. The molecule has 2 aliphatic heterocycles. The Hall–Kier alpha value is -1.22. The van der Waals surface area contributed by atoms with Gasteiger partial charge < -0.3 is 10.1 Å². The van der Waals surface area contributed by atoms with E-state index in [1.807, 2.05) is 6.07 Å². The van der Waals surface area contributed by atoms with Crippen LogP contribution < -0.4 is 10.1 Å². The first kappa shape index (κ1) is 9.97. The van der Waals surface area contributed by atoms with Gasteiger partial charge in [0, 0.05) is 12.6 Å². The van der Waals surface area contributed by atoms with E-state index < -0.39 is 0 Å². The van der Waals surface area contributed by atoms with Crippen molar-refractivity contribution in [1.29, 1.82) is 0 Å². The average Bonchev–Trinajstić information content (AvgIpc) is 2.26. The number of ether oxygens (including phenoxy) is 1. The highest BCUT2D eigenvalue weighted by molar-refractivity contribution is 5.64. The third-order valence-electron chi connectivity index (χ3n) is 3.69. The van der Waals surface area contributed by atoms with Gasteiger partial charge in [-0.1, -0.05) is 12.1 Å². The van der Waals surface area contributed by atoms with Crippen LogP contribution in [0.25, 0.3) is 0 Å². The molecule has 1 saturated heterocycles. The lowest BCUT2D eigenvalue weighted by Gasteiger charge is -2.41. The first-order chi connectivity index (χ1) is 7.90. The summed E-state index contributed by atoms with van der Waals surface area (Å²) in [6, 6.07) is 6.95. The molecule has 0 saturated carbocycles. The number of likely N-dealkylation sites (tertiary alicyclic amines) is 1. The molecule has 0 radical (unpaired) electrons. The molecule has 2 heterocycles. The maximum Gasteiger partial charge on any atom is 0.142 e. The van der Waals surface area contributed by atoms with Crippen molar-refractivity contribution in [2.24, 2.45) is 0 Å². The van der Waals surface area contributed by atoms with E-state index >= 15 is 0 Å². The fourth-order valence-corrected chi connectivity index (χ4v) is 2.71. The molecule has 86 valence electrons. The van der Waals surface area contributed by atoms with Crippen LogP contribution in [0.5, 0.6) is 5.75 Å².